The van der Waals surface area contributed by atoms with Gasteiger partial charge < -0.3 is 14.6 Å². The van der Waals surface area contributed by atoms with E-state index in [4.69, 9.17) is 9.47 Å². The lowest BCUT2D eigenvalue weighted by Gasteiger charge is -2.22. The normalized spacial score (nSPS) is 23.7. The molecule has 2 saturated heterocycles. The molecule has 2 amide bonds. The molecule has 2 aliphatic heterocycles. The fraction of sp³-hybridized carbons (Fsp3) is 0.467. The minimum absolute atomic E-state index is 0.0305. The molecule has 0 spiro atoms. The molecule has 0 aromatic heterocycles. The number of methoxy groups -OCH3 is 1. The minimum Gasteiger partial charge on any atom is -0.504 e. The Morgan fingerprint density at radius 2 is 2.33 bits per heavy atom. The number of aromatic hydroxyl groups is 1. The molecule has 0 bridgehead atoms. The molecule has 1 N–H and O–H groups in total. The summed E-state index contributed by atoms with van der Waals surface area (Å²) in [4.78, 5) is 25.3. The molecule has 2 fully saturated rings. The standard InChI is InChI=1S/C15H17NO5/c1-20-12-8-9(2-4-10(12)17)3-5-13(18)16-7-6-11-14(21-11)15(16)19/h2,4,8,11,14,17H,3,5-7H2,1H3/t11-,14-/m0/s1. The molecule has 0 aliphatic carbocycles. The zero-order valence-corrected chi connectivity index (χ0v) is 11.7. The number of amides is 2. The molecular weight excluding hydrogens is 274 g/mol. The molecule has 3 rings (SSSR count). The number of phenolic OH excluding ortho intramolecular Hbond substituents is 1. The SMILES string of the molecule is COc1cc(CCC(=O)N2CC[C@@H]3O[C@@H]3C2=O)ccc1O. The first-order valence-electron chi connectivity index (χ1n) is 6.95. The van der Waals surface area contributed by atoms with Crippen LogP contribution in [-0.2, 0) is 20.7 Å². The fourth-order valence-electron chi connectivity index (χ4n) is 2.61. The lowest BCUT2D eigenvalue weighted by molar-refractivity contribution is -0.146. The highest BCUT2D eigenvalue weighted by Gasteiger charge is 2.51. The summed E-state index contributed by atoms with van der Waals surface area (Å²) in [6.45, 7) is 0.442. The Balaban J connectivity index is 1.59. The molecule has 2 atom stereocenters. The van der Waals surface area contributed by atoms with Gasteiger partial charge in [0.2, 0.25) is 5.91 Å². The number of hydrogen-bond donors (Lipinski definition) is 1. The summed E-state index contributed by atoms with van der Waals surface area (Å²) >= 11 is 0. The van der Waals surface area contributed by atoms with Crippen molar-refractivity contribution in [2.24, 2.45) is 0 Å². The van der Waals surface area contributed by atoms with Crippen molar-refractivity contribution in [2.75, 3.05) is 13.7 Å². The number of phenols is 1. The predicted octanol–water partition coefficient (Wildman–Crippen LogP) is 0.860. The number of fused-ring (bicyclic) bond motifs is 1. The van der Waals surface area contributed by atoms with E-state index in [0.29, 0.717) is 18.7 Å². The van der Waals surface area contributed by atoms with Gasteiger partial charge in [0.25, 0.3) is 5.91 Å². The van der Waals surface area contributed by atoms with Crippen molar-refractivity contribution in [3.05, 3.63) is 23.8 Å². The second-order valence-electron chi connectivity index (χ2n) is 5.27. The van der Waals surface area contributed by atoms with E-state index in [2.05, 4.69) is 0 Å². The zero-order chi connectivity index (χ0) is 15.0. The third-order valence-corrected chi connectivity index (χ3v) is 3.90. The lowest BCUT2D eigenvalue weighted by Crippen LogP contribution is -2.44. The van der Waals surface area contributed by atoms with Crippen LogP contribution in [0.4, 0.5) is 0 Å². The van der Waals surface area contributed by atoms with Gasteiger partial charge in [0.1, 0.15) is 0 Å². The number of nitrogens with zero attached hydrogens (tertiary/aromatic N) is 1. The van der Waals surface area contributed by atoms with Gasteiger partial charge >= 0.3 is 0 Å². The van der Waals surface area contributed by atoms with Crippen LogP contribution in [0.15, 0.2) is 18.2 Å². The van der Waals surface area contributed by atoms with Crippen molar-refractivity contribution in [1.82, 2.24) is 4.90 Å². The first-order chi connectivity index (χ1) is 10.1. The molecular formula is C15H17NO5. The molecule has 2 aliphatic rings. The van der Waals surface area contributed by atoms with Gasteiger partial charge in [-0.05, 0) is 30.5 Å². The molecule has 0 unspecified atom stereocenters. The second-order valence-corrected chi connectivity index (χ2v) is 5.27. The van der Waals surface area contributed by atoms with Gasteiger partial charge in [-0.3, -0.25) is 14.5 Å². The smallest absolute Gasteiger partial charge is 0.261 e. The number of piperidine rings is 1. The Labute approximate surface area is 122 Å². The molecule has 2 heterocycles. The van der Waals surface area contributed by atoms with E-state index in [-0.39, 0.29) is 30.1 Å². The lowest BCUT2D eigenvalue weighted by atomic mass is 10.1. The molecule has 6 heteroatoms. The van der Waals surface area contributed by atoms with Crippen LogP contribution in [0.5, 0.6) is 11.5 Å². The number of ether oxygens (including phenoxy) is 2. The van der Waals surface area contributed by atoms with Gasteiger partial charge in [-0.1, -0.05) is 6.07 Å². The molecule has 6 nitrogen and oxygen atoms in total. The molecule has 0 saturated carbocycles. The van der Waals surface area contributed by atoms with Crippen LogP contribution >= 0.6 is 0 Å². The van der Waals surface area contributed by atoms with Gasteiger partial charge in [-0.15, -0.1) is 0 Å². The molecule has 0 radical (unpaired) electrons. The van der Waals surface area contributed by atoms with Gasteiger partial charge in [-0.2, -0.15) is 0 Å². The van der Waals surface area contributed by atoms with E-state index in [1.165, 1.54) is 18.1 Å². The summed E-state index contributed by atoms with van der Waals surface area (Å²) in [6.07, 6.45) is 1.11. The van der Waals surface area contributed by atoms with Crippen LogP contribution < -0.4 is 4.74 Å². The summed E-state index contributed by atoms with van der Waals surface area (Å²) in [5, 5.41) is 9.53. The third kappa shape index (κ3) is 2.71. The van der Waals surface area contributed by atoms with Crippen LogP contribution in [0, 0.1) is 0 Å². The van der Waals surface area contributed by atoms with Crippen molar-refractivity contribution < 1.29 is 24.2 Å². The van der Waals surface area contributed by atoms with E-state index in [1.54, 1.807) is 12.1 Å². The molecule has 1 aromatic rings. The summed E-state index contributed by atoms with van der Waals surface area (Å²) < 4.78 is 10.2. The van der Waals surface area contributed by atoms with Crippen LogP contribution in [0.3, 0.4) is 0 Å². The maximum atomic E-state index is 12.1. The quantitative estimate of drug-likeness (QED) is 0.832. The van der Waals surface area contributed by atoms with Crippen molar-refractivity contribution in [3.8, 4) is 11.5 Å². The van der Waals surface area contributed by atoms with E-state index in [9.17, 15) is 14.7 Å². The Kier molecular flexibility index (Phi) is 3.55. The number of hydrogen-bond acceptors (Lipinski definition) is 5. The molecule has 1 aromatic carbocycles. The average molecular weight is 291 g/mol. The number of likely N-dealkylation sites (tertiary alicyclic amines) is 1. The summed E-state index contributed by atoms with van der Waals surface area (Å²) in [7, 11) is 1.47. The summed E-state index contributed by atoms with van der Waals surface area (Å²) in [5.74, 6) is 0.0551. The van der Waals surface area contributed by atoms with Gasteiger partial charge in [-0.25, -0.2) is 0 Å². The first-order valence-corrected chi connectivity index (χ1v) is 6.95. The highest BCUT2D eigenvalue weighted by Crippen LogP contribution is 2.32. The van der Waals surface area contributed by atoms with Crippen molar-refractivity contribution in [2.45, 2.75) is 31.5 Å². The number of aryl methyl sites for hydroxylation is 1. The number of benzene rings is 1. The summed E-state index contributed by atoms with van der Waals surface area (Å²) in [6, 6.07) is 4.97. The highest BCUT2D eigenvalue weighted by molar-refractivity contribution is 5.99. The first kappa shape index (κ1) is 13.9. The minimum atomic E-state index is -0.392. The Morgan fingerprint density at radius 1 is 1.52 bits per heavy atom. The van der Waals surface area contributed by atoms with Crippen LogP contribution in [0.25, 0.3) is 0 Å². The number of carbonyl (C=O) groups excluding carboxylic acids is 2. The summed E-state index contributed by atoms with van der Waals surface area (Å²) in [5.41, 5.74) is 0.878. The van der Waals surface area contributed by atoms with Crippen LogP contribution in [0.2, 0.25) is 0 Å². The predicted molar refractivity (Wildman–Crippen MR) is 73.0 cm³/mol. The highest BCUT2D eigenvalue weighted by atomic mass is 16.6. The van der Waals surface area contributed by atoms with Gasteiger partial charge in [0.15, 0.2) is 17.6 Å². The Bertz CT molecular complexity index is 585. The largest absolute Gasteiger partial charge is 0.504 e. The van der Waals surface area contributed by atoms with E-state index in [0.717, 1.165) is 12.0 Å². The third-order valence-electron chi connectivity index (χ3n) is 3.90. The van der Waals surface area contributed by atoms with E-state index >= 15 is 0 Å². The Morgan fingerprint density at radius 3 is 3.10 bits per heavy atom. The second kappa shape index (κ2) is 5.37. The monoisotopic (exact) mass is 291 g/mol. The van der Waals surface area contributed by atoms with Crippen molar-refractivity contribution >= 4 is 11.8 Å². The van der Waals surface area contributed by atoms with Gasteiger partial charge in [0, 0.05) is 13.0 Å². The molecule has 112 valence electrons. The molecule has 21 heavy (non-hydrogen) atoms. The van der Waals surface area contributed by atoms with Crippen molar-refractivity contribution in [1.29, 1.82) is 0 Å². The number of epoxide rings is 1. The number of imide groups is 1. The average Bonchev–Trinajstić information content (AvgIpc) is 3.27. The number of rotatable bonds is 4. The van der Waals surface area contributed by atoms with E-state index < -0.39 is 6.10 Å². The maximum absolute atomic E-state index is 12.1. The van der Waals surface area contributed by atoms with Crippen LogP contribution in [0.1, 0.15) is 18.4 Å². The van der Waals surface area contributed by atoms with Gasteiger partial charge in [0.05, 0.1) is 13.2 Å². The zero-order valence-electron chi connectivity index (χ0n) is 11.7. The maximum Gasteiger partial charge on any atom is 0.261 e. The van der Waals surface area contributed by atoms with Crippen LogP contribution in [-0.4, -0.2) is 47.7 Å². The van der Waals surface area contributed by atoms with E-state index in [1.807, 2.05) is 0 Å². The van der Waals surface area contributed by atoms with Crippen molar-refractivity contribution in [3.63, 3.8) is 0 Å². The number of carbonyl (C=O) groups is 2. The topological polar surface area (TPSA) is 79.4 Å². The Hall–Kier alpha value is -2.08. The fourth-order valence-corrected chi connectivity index (χ4v) is 2.61.